The summed E-state index contributed by atoms with van der Waals surface area (Å²) in [5.74, 6) is 0.539. The highest BCUT2D eigenvalue weighted by atomic mass is 32.2. The molecule has 164 valence electrons. The van der Waals surface area contributed by atoms with Crippen molar-refractivity contribution in [2.24, 2.45) is 0 Å². The van der Waals surface area contributed by atoms with Crippen LogP contribution in [0.5, 0.6) is 0 Å². The minimum atomic E-state index is -0.0584. The molecule has 1 amide bonds. The molecule has 2 aromatic heterocycles. The van der Waals surface area contributed by atoms with Crippen LogP contribution in [-0.4, -0.2) is 31.1 Å². The first-order valence-electron chi connectivity index (χ1n) is 10.1. The predicted octanol–water partition coefficient (Wildman–Crippen LogP) is 5.33. The Morgan fingerprint density at radius 2 is 1.75 bits per heavy atom. The zero-order valence-corrected chi connectivity index (χ0v) is 20.3. The van der Waals surface area contributed by atoms with E-state index in [9.17, 15) is 4.79 Å². The van der Waals surface area contributed by atoms with E-state index in [0.717, 1.165) is 28.2 Å². The Bertz CT molecular complexity index is 1240. The van der Waals surface area contributed by atoms with Crippen molar-refractivity contribution in [2.75, 3.05) is 4.90 Å². The van der Waals surface area contributed by atoms with E-state index in [1.54, 1.807) is 16.5 Å². The summed E-state index contributed by atoms with van der Waals surface area (Å²) in [7, 11) is 0. The Morgan fingerprint density at radius 3 is 2.41 bits per heavy atom. The molecule has 0 atom stereocenters. The lowest BCUT2D eigenvalue weighted by Crippen LogP contribution is -2.24. The summed E-state index contributed by atoms with van der Waals surface area (Å²) in [4.78, 5) is 19.0. The lowest BCUT2D eigenvalue weighted by molar-refractivity contribution is -0.115. The maximum Gasteiger partial charge on any atom is 0.230 e. The SMILES string of the molecule is CC(=O)N(c1nc(CSc2nnnn2-c2ccc(C)cc2)cs1)c1c(C)cc(C)cc1C. The fraction of sp³-hybridized carbons (Fsp3) is 0.261. The van der Waals surface area contributed by atoms with E-state index in [-0.39, 0.29) is 5.91 Å². The fourth-order valence-electron chi connectivity index (χ4n) is 3.63. The molecule has 2 aromatic carbocycles. The summed E-state index contributed by atoms with van der Waals surface area (Å²) >= 11 is 2.97. The second-order valence-electron chi connectivity index (χ2n) is 7.72. The number of aromatic nitrogens is 5. The topological polar surface area (TPSA) is 76.8 Å². The van der Waals surface area contributed by atoms with Crippen LogP contribution in [0.1, 0.15) is 34.9 Å². The van der Waals surface area contributed by atoms with Gasteiger partial charge in [-0.3, -0.25) is 9.69 Å². The first kappa shape index (κ1) is 22.2. The van der Waals surface area contributed by atoms with E-state index in [1.165, 1.54) is 34.2 Å². The van der Waals surface area contributed by atoms with Gasteiger partial charge in [-0.15, -0.1) is 16.4 Å². The van der Waals surface area contributed by atoms with E-state index in [1.807, 2.05) is 50.4 Å². The Balaban J connectivity index is 1.55. The Labute approximate surface area is 195 Å². The predicted molar refractivity (Wildman–Crippen MR) is 129 cm³/mol. The molecule has 0 bridgehead atoms. The molecule has 0 unspecified atom stereocenters. The summed E-state index contributed by atoms with van der Waals surface area (Å²) in [6.07, 6.45) is 0. The average Bonchev–Trinajstić information content (AvgIpc) is 3.38. The number of amides is 1. The van der Waals surface area contributed by atoms with Gasteiger partial charge in [0.15, 0.2) is 5.13 Å². The first-order valence-corrected chi connectivity index (χ1v) is 12.0. The molecule has 9 heteroatoms. The zero-order chi connectivity index (χ0) is 22.8. The van der Waals surface area contributed by atoms with Gasteiger partial charge in [-0.2, -0.15) is 4.68 Å². The minimum absolute atomic E-state index is 0.0584. The van der Waals surface area contributed by atoms with Crippen LogP contribution < -0.4 is 4.90 Å². The standard InChI is InChI=1S/C23H24N6OS2/c1-14-6-8-20(9-7-14)29-23(25-26-27-29)32-13-19-12-31-22(24-19)28(18(5)30)21-16(3)10-15(2)11-17(21)4/h6-12H,13H2,1-5H3. The molecule has 0 saturated heterocycles. The summed E-state index contributed by atoms with van der Waals surface area (Å²) in [6.45, 7) is 9.74. The minimum Gasteiger partial charge on any atom is -0.274 e. The maximum atomic E-state index is 12.6. The summed E-state index contributed by atoms with van der Waals surface area (Å²) < 4.78 is 1.72. The molecule has 0 N–H and O–H groups in total. The Morgan fingerprint density at radius 1 is 1.06 bits per heavy atom. The van der Waals surface area contributed by atoms with Gasteiger partial charge < -0.3 is 0 Å². The van der Waals surface area contributed by atoms with Crippen LogP contribution in [0.25, 0.3) is 5.69 Å². The van der Waals surface area contributed by atoms with Gasteiger partial charge in [-0.05, 0) is 61.4 Å². The van der Waals surface area contributed by atoms with Gasteiger partial charge in [-0.25, -0.2) is 4.98 Å². The lowest BCUT2D eigenvalue weighted by Gasteiger charge is -2.23. The average molecular weight is 465 g/mol. The van der Waals surface area contributed by atoms with Crippen LogP contribution in [0.15, 0.2) is 46.9 Å². The highest BCUT2D eigenvalue weighted by Crippen LogP contribution is 2.35. The molecular formula is C23H24N6OS2. The van der Waals surface area contributed by atoms with Crippen molar-refractivity contribution >= 4 is 39.8 Å². The highest BCUT2D eigenvalue weighted by Gasteiger charge is 2.22. The van der Waals surface area contributed by atoms with Crippen LogP contribution in [0, 0.1) is 27.7 Å². The van der Waals surface area contributed by atoms with Crippen molar-refractivity contribution in [1.29, 1.82) is 0 Å². The summed E-state index contributed by atoms with van der Waals surface area (Å²) in [5, 5.41) is 15.4. The molecule has 0 aliphatic rings. The number of aryl methyl sites for hydroxylation is 4. The third kappa shape index (κ3) is 4.58. The quantitative estimate of drug-likeness (QED) is 0.359. The monoisotopic (exact) mass is 464 g/mol. The Kier molecular flexibility index (Phi) is 6.38. The molecule has 0 aliphatic carbocycles. The molecule has 0 radical (unpaired) electrons. The molecule has 7 nitrogen and oxygen atoms in total. The van der Waals surface area contributed by atoms with E-state index in [0.29, 0.717) is 16.0 Å². The van der Waals surface area contributed by atoms with E-state index in [4.69, 9.17) is 4.98 Å². The largest absolute Gasteiger partial charge is 0.274 e. The van der Waals surface area contributed by atoms with Crippen LogP contribution in [-0.2, 0) is 10.5 Å². The van der Waals surface area contributed by atoms with Crippen molar-refractivity contribution in [3.8, 4) is 5.69 Å². The number of anilines is 2. The number of carbonyl (C=O) groups is 1. The number of hydrogen-bond donors (Lipinski definition) is 0. The van der Waals surface area contributed by atoms with Gasteiger partial charge in [0.1, 0.15) is 0 Å². The van der Waals surface area contributed by atoms with Crippen molar-refractivity contribution in [2.45, 2.75) is 45.5 Å². The van der Waals surface area contributed by atoms with Crippen LogP contribution in [0.2, 0.25) is 0 Å². The molecular weight excluding hydrogens is 440 g/mol. The third-order valence-electron chi connectivity index (χ3n) is 4.97. The van der Waals surface area contributed by atoms with Gasteiger partial charge in [0.2, 0.25) is 11.1 Å². The van der Waals surface area contributed by atoms with E-state index >= 15 is 0 Å². The van der Waals surface area contributed by atoms with Gasteiger partial charge in [0, 0.05) is 18.1 Å². The number of hydrogen-bond acceptors (Lipinski definition) is 7. The lowest BCUT2D eigenvalue weighted by atomic mass is 10.0. The molecule has 0 saturated carbocycles. The summed E-state index contributed by atoms with van der Waals surface area (Å²) in [6, 6.07) is 12.2. The van der Waals surface area contributed by atoms with Crippen molar-refractivity contribution < 1.29 is 4.79 Å². The maximum absolute atomic E-state index is 12.6. The molecule has 0 fully saturated rings. The Hall–Kier alpha value is -3.04. The van der Waals surface area contributed by atoms with Gasteiger partial charge in [0.05, 0.1) is 17.1 Å². The number of nitrogens with zero attached hydrogens (tertiary/aromatic N) is 6. The second kappa shape index (κ2) is 9.22. The first-order chi connectivity index (χ1) is 15.3. The molecule has 32 heavy (non-hydrogen) atoms. The summed E-state index contributed by atoms with van der Waals surface area (Å²) in [5.41, 5.74) is 7.16. The smallest absolute Gasteiger partial charge is 0.230 e. The number of tetrazole rings is 1. The third-order valence-corrected chi connectivity index (χ3v) is 6.80. The second-order valence-corrected chi connectivity index (χ2v) is 9.50. The van der Waals surface area contributed by atoms with E-state index in [2.05, 4.69) is 34.6 Å². The normalized spacial score (nSPS) is 11.0. The van der Waals surface area contributed by atoms with Crippen LogP contribution in [0.3, 0.4) is 0 Å². The fourth-order valence-corrected chi connectivity index (χ4v) is 5.40. The molecule has 0 aliphatic heterocycles. The molecule has 4 rings (SSSR count). The van der Waals surface area contributed by atoms with Gasteiger partial charge in [0.25, 0.3) is 0 Å². The van der Waals surface area contributed by atoms with Crippen molar-refractivity contribution in [3.05, 3.63) is 69.7 Å². The van der Waals surface area contributed by atoms with Crippen LogP contribution >= 0.6 is 23.1 Å². The van der Waals surface area contributed by atoms with Gasteiger partial charge in [-0.1, -0.05) is 47.2 Å². The molecule has 2 heterocycles. The number of carbonyl (C=O) groups excluding carboxylic acids is 1. The van der Waals surface area contributed by atoms with E-state index < -0.39 is 0 Å². The zero-order valence-electron chi connectivity index (χ0n) is 18.7. The van der Waals surface area contributed by atoms with Gasteiger partial charge >= 0.3 is 0 Å². The van der Waals surface area contributed by atoms with Crippen LogP contribution in [0.4, 0.5) is 10.8 Å². The molecule has 0 spiro atoms. The number of thiazole rings is 1. The number of thioether (sulfide) groups is 1. The number of rotatable bonds is 6. The molecule has 4 aromatic rings. The van der Waals surface area contributed by atoms with Crippen molar-refractivity contribution in [3.63, 3.8) is 0 Å². The number of benzene rings is 2. The van der Waals surface area contributed by atoms with Crippen molar-refractivity contribution in [1.82, 2.24) is 25.2 Å². The highest BCUT2D eigenvalue weighted by molar-refractivity contribution is 7.98.